The first-order chi connectivity index (χ1) is 17.0. The molecule has 0 radical (unpaired) electrons. The van der Waals surface area contributed by atoms with Gasteiger partial charge in [0, 0.05) is 21.5 Å². The molecule has 0 saturated heterocycles. The van der Waals surface area contributed by atoms with Crippen molar-refractivity contribution in [2.75, 3.05) is 13.2 Å². The van der Waals surface area contributed by atoms with E-state index >= 15 is 0 Å². The van der Waals surface area contributed by atoms with Gasteiger partial charge in [-0.1, -0.05) is 93.0 Å². The maximum absolute atomic E-state index is 12.5. The van der Waals surface area contributed by atoms with Gasteiger partial charge in [0.15, 0.2) is 0 Å². The Kier molecular flexibility index (Phi) is 9.72. The number of aryl methyl sites for hydroxylation is 1. The maximum Gasteiger partial charge on any atom is 0.514 e. The van der Waals surface area contributed by atoms with Crippen molar-refractivity contribution in [1.29, 1.82) is 0 Å². The third kappa shape index (κ3) is 7.09. The van der Waals surface area contributed by atoms with Crippen molar-refractivity contribution in [3.8, 4) is 11.5 Å². The second-order valence-electron chi connectivity index (χ2n) is 8.10. The van der Waals surface area contributed by atoms with Gasteiger partial charge in [0.1, 0.15) is 24.7 Å². The number of fused-ring (bicyclic) bond motifs is 2. The van der Waals surface area contributed by atoms with Gasteiger partial charge in [-0.2, -0.15) is 0 Å². The van der Waals surface area contributed by atoms with Gasteiger partial charge in [-0.25, -0.2) is 9.59 Å². The molecular formula is C29H32O6. The normalized spacial score (nSPS) is 11.4. The summed E-state index contributed by atoms with van der Waals surface area (Å²) in [4.78, 5) is 24.9. The molecule has 0 aliphatic carbocycles. The van der Waals surface area contributed by atoms with E-state index in [4.69, 9.17) is 18.9 Å². The molecule has 0 aliphatic heterocycles. The molecule has 0 fully saturated rings. The Balaban J connectivity index is 1.94. The van der Waals surface area contributed by atoms with E-state index in [1.54, 1.807) is 12.2 Å². The lowest BCUT2D eigenvalue weighted by atomic mass is 9.99. The van der Waals surface area contributed by atoms with Crippen LogP contribution >= 0.6 is 0 Å². The fourth-order valence-electron chi connectivity index (χ4n) is 3.60. The lowest BCUT2D eigenvalue weighted by Crippen LogP contribution is -2.13. The zero-order valence-electron chi connectivity index (χ0n) is 20.5. The SMILES string of the molecule is CCC/C=C/COC(=O)Oc1c2ccccc2c(OC(=O)OC/C=C/CCC)c2cc(C)ccc12. The second kappa shape index (κ2) is 13.2. The summed E-state index contributed by atoms with van der Waals surface area (Å²) in [5, 5.41) is 2.49. The van der Waals surface area contributed by atoms with Crippen molar-refractivity contribution in [2.24, 2.45) is 0 Å². The molecule has 0 spiro atoms. The molecule has 0 aromatic heterocycles. The Hall–Kier alpha value is -3.80. The molecule has 0 aliphatic rings. The molecule has 0 N–H and O–H groups in total. The van der Waals surface area contributed by atoms with E-state index in [-0.39, 0.29) is 13.2 Å². The van der Waals surface area contributed by atoms with Crippen LogP contribution in [-0.4, -0.2) is 25.5 Å². The van der Waals surface area contributed by atoms with Gasteiger partial charge in [-0.05, 0) is 25.8 Å². The third-order valence-electron chi connectivity index (χ3n) is 5.29. The van der Waals surface area contributed by atoms with Gasteiger partial charge < -0.3 is 18.9 Å². The van der Waals surface area contributed by atoms with Crippen LogP contribution in [0.15, 0.2) is 66.8 Å². The molecule has 0 bridgehead atoms. The molecule has 0 amide bonds. The van der Waals surface area contributed by atoms with Crippen LogP contribution in [0.1, 0.15) is 45.1 Å². The summed E-state index contributed by atoms with van der Waals surface area (Å²) in [6, 6.07) is 12.9. The summed E-state index contributed by atoms with van der Waals surface area (Å²) in [6.07, 6.45) is 9.81. The number of carbonyl (C=O) groups excluding carboxylic acids is 2. The van der Waals surface area contributed by atoms with Gasteiger partial charge in [0.05, 0.1) is 0 Å². The Morgan fingerprint density at radius 2 is 1.17 bits per heavy atom. The van der Waals surface area contributed by atoms with E-state index in [0.29, 0.717) is 33.0 Å². The van der Waals surface area contributed by atoms with Crippen LogP contribution in [0.4, 0.5) is 9.59 Å². The van der Waals surface area contributed by atoms with Crippen LogP contribution in [0.25, 0.3) is 21.5 Å². The first-order valence-corrected chi connectivity index (χ1v) is 12.0. The highest BCUT2D eigenvalue weighted by molar-refractivity contribution is 6.12. The molecule has 3 aromatic rings. The van der Waals surface area contributed by atoms with E-state index in [1.807, 2.05) is 61.5 Å². The average Bonchev–Trinajstić information content (AvgIpc) is 2.85. The number of benzene rings is 3. The number of ether oxygens (including phenoxy) is 4. The molecule has 6 nitrogen and oxygen atoms in total. The zero-order chi connectivity index (χ0) is 25.0. The fourth-order valence-corrected chi connectivity index (χ4v) is 3.60. The van der Waals surface area contributed by atoms with Gasteiger partial charge in [0.2, 0.25) is 0 Å². The Morgan fingerprint density at radius 1 is 0.686 bits per heavy atom. The molecule has 3 aromatic carbocycles. The summed E-state index contributed by atoms with van der Waals surface area (Å²) >= 11 is 0. The van der Waals surface area contributed by atoms with Crippen molar-refractivity contribution in [3.05, 3.63) is 72.3 Å². The minimum atomic E-state index is -0.801. The maximum atomic E-state index is 12.5. The van der Waals surface area contributed by atoms with Gasteiger partial charge in [0.25, 0.3) is 0 Å². The average molecular weight is 477 g/mol. The van der Waals surface area contributed by atoms with Crippen molar-refractivity contribution in [3.63, 3.8) is 0 Å². The van der Waals surface area contributed by atoms with Crippen molar-refractivity contribution >= 4 is 33.9 Å². The zero-order valence-corrected chi connectivity index (χ0v) is 20.5. The summed E-state index contributed by atoms with van der Waals surface area (Å²) in [6.45, 7) is 6.36. The molecule has 0 unspecified atom stereocenters. The molecule has 0 atom stereocenters. The highest BCUT2D eigenvalue weighted by Crippen LogP contribution is 2.43. The van der Waals surface area contributed by atoms with E-state index in [9.17, 15) is 9.59 Å². The molecular weight excluding hydrogens is 444 g/mol. The topological polar surface area (TPSA) is 71.1 Å². The molecule has 3 rings (SSSR count). The van der Waals surface area contributed by atoms with Gasteiger partial charge >= 0.3 is 12.3 Å². The van der Waals surface area contributed by atoms with Gasteiger partial charge in [-0.3, -0.25) is 0 Å². The largest absolute Gasteiger partial charge is 0.514 e. The number of rotatable bonds is 10. The number of hydrogen-bond acceptors (Lipinski definition) is 6. The summed E-state index contributed by atoms with van der Waals surface area (Å²) in [5.41, 5.74) is 0.961. The predicted molar refractivity (Wildman–Crippen MR) is 138 cm³/mol. The number of carbonyl (C=O) groups is 2. The minimum absolute atomic E-state index is 0.132. The Morgan fingerprint density at radius 3 is 1.69 bits per heavy atom. The molecule has 0 heterocycles. The van der Waals surface area contributed by atoms with Crippen molar-refractivity contribution in [1.82, 2.24) is 0 Å². The Bertz CT molecular complexity index is 1220. The van der Waals surface area contributed by atoms with E-state index in [2.05, 4.69) is 13.8 Å². The smallest absolute Gasteiger partial charge is 0.430 e. The van der Waals surface area contributed by atoms with Crippen LogP contribution in [0, 0.1) is 6.92 Å². The van der Waals surface area contributed by atoms with E-state index < -0.39 is 12.3 Å². The van der Waals surface area contributed by atoms with E-state index in [0.717, 1.165) is 31.2 Å². The summed E-state index contributed by atoms with van der Waals surface area (Å²) in [5.74, 6) is 0.700. The predicted octanol–water partition coefficient (Wildman–Crippen LogP) is 8.04. The van der Waals surface area contributed by atoms with Crippen LogP contribution in [0.2, 0.25) is 0 Å². The quantitative estimate of drug-likeness (QED) is 0.128. The molecule has 35 heavy (non-hydrogen) atoms. The summed E-state index contributed by atoms with van der Waals surface area (Å²) in [7, 11) is 0. The van der Waals surface area contributed by atoms with Gasteiger partial charge in [-0.15, -0.1) is 0 Å². The number of hydrogen-bond donors (Lipinski definition) is 0. The molecule has 0 saturated carbocycles. The second-order valence-corrected chi connectivity index (χ2v) is 8.10. The third-order valence-corrected chi connectivity index (χ3v) is 5.29. The van der Waals surface area contributed by atoms with Crippen LogP contribution in [0.5, 0.6) is 11.5 Å². The first kappa shape index (κ1) is 25.8. The lowest BCUT2D eigenvalue weighted by Gasteiger charge is -2.16. The van der Waals surface area contributed by atoms with Crippen LogP contribution in [-0.2, 0) is 9.47 Å². The number of unbranched alkanes of at least 4 members (excludes halogenated alkanes) is 2. The highest BCUT2D eigenvalue weighted by Gasteiger charge is 2.21. The number of allylic oxidation sites excluding steroid dienone is 2. The van der Waals surface area contributed by atoms with Crippen molar-refractivity contribution < 1.29 is 28.5 Å². The molecule has 6 heteroatoms. The standard InChI is InChI=1S/C29H32O6/c1-4-6-8-12-18-32-28(30)34-26-22-14-10-11-15-23(22)27(25-20-21(3)16-17-24(25)26)35-29(31)33-19-13-9-7-5-2/h8-17,20H,4-7,18-19H2,1-3H3/b12-8+,13-9+. The van der Waals surface area contributed by atoms with E-state index in [1.165, 1.54) is 0 Å². The highest BCUT2D eigenvalue weighted by atomic mass is 16.7. The van der Waals surface area contributed by atoms with Crippen LogP contribution in [0.3, 0.4) is 0 Å². The molecule has 184 valence electrons. The minimum Gasteiger partial charge on any atom is -0.430 e. The lowest BCUT2D eigenvalue weighted by molar-refractivity contribution is 0.109. The first-order valence-electron chi connectivity index (χ1n) is 12.0. The van der Waals surface area contributed by atoms with Crippen LogP contribution < -0.4 is 9.47 Å². The van der Waals surface area contributed by atoms with Crippen molar-refractivity contribution in [2.45, 2.75) is 46.5 Å². The monoisotopic (exact) mass is 476 g/mol. The Labute approximate surface area is 206 Å². The summed E-state index contributed by atoms with van der Waals surface area (Å²) < 4.78 is 21.8. The fraction of sp³-hybridized carbons (Fsp3) is 0.310.